The Morgan fingerprint density at radius 1 is 1.15 bits per heavy atom. The molecular formula is C13H16N2O5. The SMILES string of the molecule is Cc1cccc(CNC(=O)N(CC(=O)O)CC(=O)O)c1. The third kappa shape index (κ3) is 5.38. The number of urea groups is 1. The standard InChI is InChI=1S/C13H16N2O5/c1-9-3-2-4-10(5-9)6-14-13(20)15(7-11(16)17)8-12(18)19/h2-5H,6-8H2,1H3,(H,14,20)(H,16,17)(H,18,19). The second kappa shape index (κ2) is 7.13. The molecule has 0 atom stereocenters. The number of carbonyl (C=O) groups is 3. The van der Waals surface area contributed by atoms with E-state index in [1.54, 1.807) is 0 Å². The van der Waals surface area contributed by atoms with Gasteiger partial charge in [0, 0.05) is 6.54 Å². The van der Waals surface area contributed by atoms with Crippen LogP contribution < -0.4 is 5.32 Å². The van der Waals surface area contributed by atoms with Crippen LogP contribution >= 0.6 is 0 Å². The van der Waals surface area contributed by atoms with Gasteiger partial charge in [0.15, 0.2) is 0 Å². The maximum absolute atomic E-state index is 11.8. The lowest BCUT2D eigenvalue weighted by Crippen LogP contribution is -2.45. The van der Waals surface area contributed by atoms with Gasteiger partial charge in [0.2, 0.25) is 0 Å². The van der Waals surface area contributed by atoms with Crippen molar-refractivity contribution in [3.05, 3.63) is 35.4 Å². The molecule has 1 aromatic rings. The van der Waals surface area contributed by atoms with E-state index in [-0.39, 0.29) is 6.54 Å². The third-order valence-corrected chi connectivity index (χ3v) is 2.47. The molecule has 0 aliphatic rings. The second-order valence-corrected chi connectivity index (χ2v) is 4.29. The monoisotopic (exact) mass is 280 g/mol. The van der Waals surface area contributed by atoms with E-state index < -0.39 is 31.1 Å². The molecule has 0 aliphatic heterocycles. The molecule has 0 fully saturated rings. The van der Waals surface area contributed by atoms with Gasteiger partial charge in [-0.1, -0.05) is 29.8 Å². The number of carboxylic acid groups (broad SMARTS) is 2. The summed E-state index contributed by atoms with van der Waals surface area (Å²) < 4.78 is 0. The van der Waals surface area contributed by atoms with E-state index in [1.165, 1.54) is 0 Å². The van der Waals surface area contributed by atoms with Crippen LogP contribution in [0.15, 0.2) is 24.3 Å². The molecule has 0 bridgehead atoms. The first-order chi connectivity index (χ1) is 9.38. The third-order valence-electron chi connectivity index (χ3n) is 2.47. The van der Waals surface area contributed by atoms with Crippen LogP contribution in [0, 0.1) is 6.92 Å². The summed E-state index contributed by atoms with van der Waals surface area (Å²) in [6.45, 7) is 0.792. The minimum absolute atomic E-state index is 0.205. The van der Waals surface area contributed by atoms with E-state index in [4.69, 9.17) is 10.2 Å². The Labute approximate surface area is 115 Å². The Hall–Kier alpha value is -2.57. The summed E-state index contributed by atoms with van der Waals surface area (Å²) in [7, 11) is 0. The fraction of sp³-hybridized carbons (Fsp3) is 0.308. The summed E-state index contributed by atoms with van der Waals surface area (Å²) in [5.41, 5.74) is 1.88. The Morgan fingerprint density at radius 2 is 1.75 bits per heavy atom. The van der Waals surface area contributed by atoms with Gasteiger partial charge in [-0.25, -0.2) is 4.79 Å². The molecule has 2 amide bonds. The van der Waals surface area contributed by atoms with Gasteiger partial charge in [0.25, 0.3) is 0 Å². The normalized spacial score (nSPS) is 9.85. The molecule has 0 aromatic heterocycles. The van der Waals surface area contributed by atoms with E-state index in [1.807, 2.05) is 31.2 Å². The summed E-state index contributed by atoms with van der Waals surface area (Å²) in [5, 5.41) is 19.8. The number of aryl methyl sites for hydroxylation is 1. The number of carboxylic acids is 2. The molecule has 7 heteroatoms. The average molecular weight is 280 g/mol. The zero-order chi connectivity index (χ0) is 15.1. The highest BCUT2D eigenvalue weighted by Gasteiger charge is 2.19. The number of nitrogens with one attached hydrogen (secondary N) is 1. The first-order valence-electron chi connectivity index (χ1n) is 5.90. The van der Waals surface area contributed by atoms with Crippen molar-refractivity contribution in [3.63, 3.8) is 0 Å². The maximum Gasteiger partial charge on any atom is 0.323 e. The fourth-order valence-corrected chi connectivity index (χ4v) is 1.64. The summed E-state index contributed by atoms with van der Waals surface area (Å²) in [6, 6.07) is 6.71. The molecule has 0 saturated carbocycles. The van der Waals surface area contributed by atoms with Crippen molar-refractivity contribution in [2.24, 2.45) is 0 Å². The van der Waals surface area contributed by atoms with Gasteiger partial charge in [-0.3, -0.25) is 9.59 Å². The minimum atomic E-state index is -1.27. The highest BCUT2D eigenvalue weighted by Crippen LogP contribution is 2.03. The molecule has 3 N–H and O–H groups in total. The average Bonchev–Trinajstić information content (AvgIpc) is 2.34. The first-order valence-corrected chi connectivity index (χ1v) is 5.90. The number of amides is 2. The van der Waals surface area contributed by atoms with E-state index in [0.29, 0.717) is 0 Å². The number of rotatable bonds is 6. The van der Waals surface area contributed by atoms with Gasteiger partial charge >= 0.3 is 18.0 Å². The summed E-state index contributed by atoms with van der Waals surface area (Å²) in [5.74, 6) is -2.53. The number of nitrogens with zero attached hydrogens (tertiary/aromatic N) is 1. The van der Waals surface area contributed by atoms with Crippen molar-refractivity contribution >= 4 is 18.0 Å². The lowest BCUT2D eigenvalue weighted by atomic mass is 10.1. The van der Waals surface area contributed by atoms with E-state index in [2.05, 4.69) is 5.32 Å². The van der Waals surface area contributed by atoms with Crippen LogP contribution in [0.3, 0.4) is 0 Å². The Kier molecular flexibility index (Phi) is 5.52. The summed E-state index contributed by atoms with van der Waals surface area (Å²) in [6.07, 6.45) is 0. The lowest BCUT2D eigenvalue weighted by molar-refractivity contribution is -0.140. The Bertz CT molecular complexity index is 499. The maximum atomic E-state index is 11.8. The smallest absolute Gasteiger partial charge is 0.323 e. The van der Waals surface area contributed by atoms with Gasteiger partial charge in [-0.05, 0) is 12.5 Å². The predicted molar refractivity (Wildman–Crippen MR) is 70.3 cm³/mol. The summed E-state index contributed by atoms with van der Waals surface area (Å²) in [4.78, 5) is 33.7. The molecule has 0 spiro atoms. The number of aliphatic carboxylic acids is 2. The fourth-order valence-electron chi connectivity index (χ4n) is 1.64. The zero-order valence-corrected chi connectivity index (χ0v) is 11.0. The molecule has 7 nitrogen and oxygen atoms in total. The number of hydrogen-bond donors (Lipinski definition) is 3. The highest BCUT2D eigenvalue weighted by molar-refractivity contribution is 5.84. The van der Waals surface area contributed by atoms with Gasteiger partial charge in [-0.15, -0.1) is 0 Å². The van der Waals surface area contributed by atoms with Gasteiger partial charge < -0.3 is 20.4 Å². The van der Waals surface area contributed by atoms with Crippen LogP contribution in [0.1, 0.15) is 11.1 Å². The van der Waals surface area contributed by atoms with Crippen molar-refractivity contribution in [1.29, 1.82) is 0 Å². The molecule has 1 aromatic carbocycles. The van der Waals surface area contributed by atoms with Gasteiger partial charge in [0.1, 0.15) is 13.1 Å². The molecule has 0 radical (unpaired) electrons. The van der Waals surface area contributed by atoms with Crippen LogP contribution in [0.25, 0.3) is 0 Å². The van der Waals surface area contributed by atoms with E-state index >= 15 is 0 Å². The van der Waals surface area contributed by atoms with Crippen LogP contribution in [0.5, 0.6) is 0 Å². The van der Waals surface area contributed by atoms with Crippen molar-refractivity contribution in [1.82, 2.24) is 10.2 Å². The molecule has 0 saturated heterocycles. The van der Waals surface area contributed by atoms with Crippen LogP contribution in [-0.4, -0.2) is 46.2 Å². The Morgan fingerprint density at radius 3 is 2.25 bits per heavy atom. The van der Waals surface area contributed by atoms with Crippen molar-refractivity contribution in [3.8, 4) is 0 Å². The lowest BCUT2D eigenvalue weighted by Gasteiger charge is -2.19. The van der Waals surface area contributed by atoms with E-state index in [0.717, 1.165) is 16.0 Å². The molecule has 1 rings (SSSR count). The zero-order valence-electron chi connectivity index (χ0n) is 11.0. The first kappa shape index (κ1) is 15.5. The van der Waals surface area contributed by atoms with Crippen molar-refractivity contribution < 1.29 is 24.6 Å². The van der Waals surface area contributed by atoms with Gasteiger partial charge in [0.05, 0.1) is 0 Å². The van der Waals surface area contributed by atoms with Crippen LogP contribution in [0.4, 0.5) is 4.79 Å². The molecule has 0 heterocycles. The quantitative estimate of drug-likeness (QED) is 0.710. The Balaban J connectivity index is 2.61. The predicted octanol–water partition coefficient (Wildman–Crippen LogP) is 0.676. The van der Waals surface area contributed by atoms with Crippen molar-refractivity contribution in [2.75, 3.05) is 13.1 Å². The summed E-state index contributed by atoms with van der Waals surface area (Å²) >= 11 is 0. The second-order valence-electron chi connectivity index (χ2n) is 4.29. The number of hydrogen-bond acceptors (Lipinski definition) is 3. The molecule has 0 aliphatic carbocycles. The topological polar surface area (TPSA) is 107 Å². The number of carbonyl (C=O) groups excluding carboxylic acids is 1. The van der Waals surface area contributed by atoms with Crippen molar-refractivity contribution in [2.45, 2.75) is 13.5 Å². The van der Waals surface area contributed by atoms with Crippen LogP contribution in [-0.2, 0) is 16.1 Å². The van der Waals surface area contributed by atoms with Crippen LogP contribution in [0.2, 0.25) is 0 Å². The molecule has 0 unspecified atom stereocenters. The highest BCUT2D eigenvalue weighted by atomic mass is 16.4. The molecular weight excluding hydrogens is 264 g/mol. The molecule has 20 heavy (non-hydrogen) atoms. The van der Waals surface area contributed by atoms with E-state index in [9.17, 15) is 14.4 Å². The molecule has 108 valence electrons. The largest absolute Gasteiger partial charge is 0.480 e. The number of benzene rings is 1. The van der Waals surface area contributed by atoms with Gasteiger partial charge in [-0.2, -0.15) is 0 Å². The minimum Gasteiger partial charge on any atom is -0.480 e.